The van der Waals surface area contributed by atoms with Gasteiger partial charge in [0.1, 0.15) is 0 Å². The average molecular weight is 360 g/mol. The van der Waals surface area contributed by atoms with E-state index in [-0.39, 0.29) is 11.7 Å². The number of benzene rings is 1. The molecule has 0 spiro atoms. The van der Waals surface area contributed by atoms with E-state index in [1.807, 2.05) is 0 Å². The molecule has 1 rings (SSSR count). The summed E-state index contributed by atoms with van der Waals surface area (Å²) in [4.78, 5) is 22.8. The number of nitrogens with one attached hydrogen (secondary N) is 2. The van der Waals surface area contributed by atoms with E-state index in [0.29, 0.717) is 32.4 Å². The summed E-state index contributed by atoms with van der Waals surface area (Å²) in [5.41, 5.74) is -1.16. The van der Waals surface area contributed by atoms with Crippen LogP contribution in [-0.2, 0) is 15.7 Å². The highest BCUT2D eigenvalue weighted by Gasteiger charge is 2.33. The van der Waals surface area contributed by atoms with Crippen molar-refractivity contribution in [3.05, 3.63) is 29.8 Å². The number of hydrogen-bond donors (Lipinski definition) is 2. The molecule has 140 valence electrons. The molecule has 2 N–H and O–H groups in total. The predicted octanol–water partition coefficient (Wildman–Crippen LogP) is 4.34. The molecule has 0 fully saturated rings. The van der Waals surface area contributed by atoms with Crippen LogP contribution in [0.4, 0.5) is 23.7 Å². The number of amides is 2. The van der Waals surface area contributed by atoms with Crippen LogP contribution in [0.1, 0.15) is 44.6 Å². The number of esters is 1. The molecule has 1 aromatic rings. The Bertz CT molecular complexity index is 562. The van der Waals surface area contributed by atoms with Crippen LogP contribution in [0, 0.1) is 0 Å². The summed E-state index contributed by atoms with van der Waals surface area (Å²) in [5, 5.41) is 4.74. The van der Waals surface area contributed by atoms with Crippen LogP contribution in [0.15, 0.2) is 24.3 Å². The van der Waals surface area contributed by atoms with Gasteiger partial charge in [-0.2, -0.15) is 13.2 Å². The first-order chi connectivity index (χ1) is 11.8. The molecule has 0 aliphatic heterocycles. The fourth-order valence-corrected chi connectivity index (χ4v) is 2.19. The lowest BCUT2D eigenvalue weighted by Crippen LogP contribution is -2.30. The summed E-state index contributed by atoms with van der Waals surface area (Å²) in [6.45, 7) is 2.47. The van der Waals surface area contributed by atoms with E-state index >= 15 is 0 Å². The van der Waals surface area contributed by atoms with Crippen molar-refractivity contribution >= 4 is 17.7 Å². The molecular weight excluding hydrogens is 337 g/mol. The van der Waals surface area contributed by atoms with Crippen molar-refractivity contribution in [3.63, 3.8) is 0 Å². The van der Waals surface area contributed by atoms with Crippen LogP contribution in [-0.4, -0.2) is 25.2 Å². The van der Waals surface area contributed by atoms with Crippen molar-refractivity contribution in [1.82, 2.24) is 5.32 Å². The second-order valence-electron chi connectivity index (χ2n) is 5.39. The monoisotopic (exact) mass is 360 g/mol. The van der Waals surface area contributed by atoms with Gasteiger partial charge in [0.05, 0.1) is 17.9 Å². The van der Waals surface area contributed by atoms with Crippen molar-refractivity contribution in [2.24, 2.45) is 0 Å². The zero-order chi connectivity index (χ0) is 18.7. The van der Waals surface area contributed by atoms with Gasteiger partial charge in [-0.25, -0.2) is 4.79 Å². The molecule has 0 unspecified atom stereocenters. The third kappa shape index (κ3) is 8.42. The number of hydrogen-bond acceptors (Lipinski definition) is 3. The first kappa shape index (κ1) is 20.8. The molecule has 5 nitrogen and oxygen atoms in total. The van der Waals surface area contributed by atoms with Crippen LogP contribution in [0.5, 0.6) is 0 Å². The Labute approximate surface area is 144 Å². The molecule has 0 saturated carbocycles. The quantitative estimate of drug-likeness (QED) is 0.508. The molecule has 25 heavy (non-hydrogen) atoms. The number of urea groups is 1. The standard InChI is InChI=1S/C17H23F3N2O3/c1-2-25-15(23)11-5-3-4-8-12-21-16(24)22-14-10-7-6-9-13(14)17(18,19)20/h6-7,9-10H,2-5,8,11-12H2,1H3,(H2,21,22,24). The molecule has 0 bridgehead atoms. The molecule has 0 heterocycles. The maximum absolute atomic E-state index is 12.8. The highest BCUT2D eigenvalue weighted by atomic mass is 19.4. The van der Waals surface area contributed by atoms with E-state index in [0.717, 1.165) is 18.9 Å². The van der Waals surface area contributed by atoms with Crippen LogP contribution >= 0.6 is 0 Å². The van der Waals surface area contributed by atoms with Gasteiger partial charge in [-0.05, 0) is 31.9 Å². The average Bonchev–Trinajstić information content (AvgIpc) is 2.53. The van der Waals surface area contributed by atoms with Crippen molar-refractivity contribution in [3.8, 4) is 0 Å². The molecule has 0 aliphatic rings. The first-order valence-electron chi connectivity index (χ1n) is 8.21. The van der Waals surface area contributed by atoms with E-state index in [1.54, 1.807) is 6.92 Å². The number of unbranched alkanes of at least 4 members (excludes halogenated alkanes) is 3. The van der Waals surface area contributed by atoms with Gasteiger partial charge in [-0.15, -0.1) is 0 Å². The van der Waals surface area contributed by atoms with Crippen LogP contribution in [0.3, 0.4) is 0 Å². The van der Waals surface area contributed by atoms with Gasteiger partial charge in [0.2, 0.25) is 0 Å². The second kappa shape index (κ2) is 10.6. The largest absolute Gasteiger partial charge is 0.466 e. The summed E-state index contributed by atoms with van der Waals surface area (Å²) in [6.07, 6.45) is -1.14. The topological polar surface area (TPSA) is 67.4 Å². The predicted molar refractivity (Wildman–Crippen MR) is 88.2 cm³/mol. The van der Waals surface area contributed by atoms with E-state index in [4.69, 9.17) is 4.74 Å². The van der Waals surface area contributed by atoms with Crippen molar-refractivity contribution in [2.75, 3.05) is 18.5 Å². The Morgan fingerprint density at radius 2 is 1.76 bits per heavy atom. The van der Waals surface area contributed by atoms with Gasteiger partial charge >= 0.3 is 18.2 Å². The molecule has 0 saturated heterocycles. The number of para-hydroxylation sites is 1. The maximum Gasteiger partial charge on any atom is 0.418 e. The minimum atomic E-state index is -4.53. The van der Waals surface area contributed by atoms with E-state index in [1.165, 1.54) is 18.2 Å². The summed E-state index contributed by atoms with van der Waals surface area (Å²) < 4.78 is 43.3. The van der Waals surface area contributed by atoms with E-state index in [2.05, 4.69) is 10.6 Å². The number of ether oxygens (including phenoxy) is 1. The Morgan fingerprint density at radius 1 is 1.08 bits per heavy atom. The highest BCUT2D eigenvalue weighted by molar-refractivity contribution is 5.90. The van der Waals surface area contributed by atoms with Crippen LogP contribution in [0.25, 0.3) is 0 Å². The SMILES string of the molecule is CCOC(=O)CCCCCCNC(=O)Nc1ccccc1C(F)(F)F. The number of carbonyl (C=O) groups excluding carboxylic acids is 2. The Morgan fingerprint density at radius 3 is 2.44 bits per heavy atom. The third-order valence-corrected chi connectivity index (χ3v) is 3.38. The fourth-order valence-electron chi connectivity index (χ4n) is 2.19. The van der Waals surface area contributed by atoms with E-state index < -0.39 is 17.8 Å². The molecule has 8 heteroatoms. The number of alkyl halides is 3. The lowest BCUT2D eigenvalue weighted by atomic mass is 10.1. The minimum absolute atomic E-state index is 0.219. The maximum atomic E-state index is 12.8. The smallest absolute Gasteiger partial charge is 0.418 e. The van der Waals surface area contributed by atoms with Crippen LogP contribution < -0.4 is 10.6 Å². The molecule has 0 radical (unpaired) electrons. The molecule has 0 aromatic heterocycles. The molecule has 1 aromatic carbocycles. The summed E-state index contributed by atoms with van der Waals surface area (Å²) >= 11 is 0. The normalized spacial score (nSPS) is 11.0. The highest BCUT2D eigenvalue weighted by Crippen LogP contribution is 2.34. The van der Waals surface area contributed by atoms with Crippen LogP contribution in [0.2, 0.25) is 0 Å². The summed E-state index contributed by atoms with van der Waals surface area (Å²) in [7, 11) is 0. The first-order valence-corrected chi connectivity index (χ1v) is 8.21. The number of halogens is 3. The summed E-state index contributed by atoms with van der Waals surface area (Å²) in [5.74, 6) is -0.219. The zero-order valence-corrected chi connectivity index (χ0v) is 14.1. The number of rotatable bonds is 9. The number of anilines is 1. The van der Waals surface area contributed by atoms with Gasteiger partial charge in [0.25, 0.3) is 0 Å². The second-order valence-corrected chi connectivity index (χ2v) is 5.39. The zero-order valence-electron chi connectivity index (χ0n) is 14.1. The Hall–Kier alpha value is -2.25. The van der Waals surface area contributed by atoms with Gasteiger partial charge in [-0.1, -0.05) is 25.0 Å². The molecular formula is C17H23F3N2O3. The molecule has 0 aliphatic carbocycles. The van der Waals surface area contributed by atoms with Gasteiger partial charge in [-0.3, -0.25) is 4.79 Å². The molecule has 2 amide bonds. The van der Waals surface area contributed by atoms with Gasteiger partial charge in [0, 0.05) is 13.0 Å². The third-order valence-electron chi connectivity index (χ3n) is 3.38. The fraction of sp³-hybridized carbons (Fsp3) is 0.529. The van der Waals surface area contributed by atoms with Crippen molar-refractivity contribution < 1.29 is 27.5 Å². The van der Waals surface area contributed by atoms with Gasteiger partial charge < -0.3 is 15.4 Å². The lowest BCUT2D eigenvalue weighted by Gasteiger charge is -2.14. The number of carbonyl (C=O) groups is 2. The Balaban J connectivity index is 2.23. The Kier molecular flexibility index (Phi) is 8.80. The molecule has 0 atom stereocenters. The van der Waals surface area contributed by atoms with E-state index in [9.17, 15) is 22.8 Å². The summed E-state index contributed by atoms with van der Waals surface area (Å²) in [6, 6.07) is 4.14. The minimum Gasteiger partial charge on any atom is -0.466 e. The lowest BCUT2D eigenvalue weighted by molar-refractivity contribution is -0.143. The van der Waals surface area contributed by atoms with Gasteiger partial charge in [0.15, 0.2) is 0 Å². The van der Waals surface area contributed by atoms with Crippen molar-refractivity contribution in [2.45, 2.75) is 45.2 Å². The van der Waals surface area contributed by atoms with Crippen molar-refractivity contribution in [1.29, 1.82) is 0 Å².